The maximum Gasteiger partial charge on any atom is 0.245 e. The van der Waals surface area contributed by atoms with E-state index in [9.17, 15) is 12.8 Å². The van der Waals surface area contributed by atoms with Crippen molar-refractivity contribution < 1.29 is 12.8 Å². The molecule has 1 aromatic carbocycles. The maximum atomic E-state index is 13.5. The molecule has 6 heteroatoms. The van der Waals surface area contributed by atoms with E-state index in [0.717, 1.165) is 10.4 Å². The molecule has 0 radical (unpaired) electrons. The molecule has 0 aromatic heterocycles. The molecule has 0 saturated carbocycles. The fraction of sp³-hybridized carbons (Fsp3) is 0.455. The molecule has 1 rings (SSSR count). The minimum Gasteiger partial charge on any atom is -0.330 e. The van der Waals surface area contributed by atoms with Crippen molar-refractivity contribution in [2.24, 2.45) is 5.73 Å². The van der Waals surface area contributed by atoms with E-state index < -0.39 is 15.8 Å². The van der Waals surface area contributed by atoms with Gasteiger partial charge in [-0.1, -0.05) is 12.1 Å². The number of nitrogens with zero attached hydrogens (tertiary/aromatic N) is 1. The van der Waals surface area contributed by atoms with Crippen LogP contribution in [0.1, 0.15) is 13.3 Å². The summed E-state index contributed by atoms with van der Waals surface area (Å²) in [6.45, 7) is 2.13. The summed E-state index contributed by atoms with van der Waals surface area (Å²) in [6.07, 6.45) is 0.532. The van der Waals surface area contributed by atoms with Gasteiger partial charge in [-0.2, -0.15) is 4.31 Å². The van der Waals surface area contributed by atoms with Crippen LogP contribution < -0.4 is 5.73 Å². The van der Waals surface area contributed by atoms with E-state index in [4.69, 9.17) is 5.73 Å². The van der Waals surface area contributed by atoms with E-state index in [-0.39, 0.29) is 10.9 Å². The molecule has 0 aliphatic carbocycles. The third-order valence-corrected chi connectivity index (χ3v) is 4.70. The zero-order valence-corrected chi connectivity index (χ0v) is 10.7. The van der Waals surface area contributed by atoms with Crippen LogP contribution in [0.4, 0.5) is 4.39 Å². The van der Waals surface area contributed by atoms with Gasteiger partial charge in [-0.3, -0.25) is 0 Å². The standard InChI is InChI=1S/C11H17FN2O2S/c1-9(7-8-13)14(2)17(15,16)11-6-4-3-5-10(11)12/h3-6,9H,7-8,13H2,1-2H3. The molecule has 0 spiro atoms. The lowest BCUT2D eigenvalue weighted by Gasteiger charge is -2.24. The van der Waals surface area contributed by atoms with Crippen LogP contribution >= 0.6 is 0 Å². The normalized spacial score (nSPS) is 13.9. The van der Waals surface area contributed by atoms with Crippen molar-refractivity contribution in [2.45, 2.75) is 24.3 Å². The molecule has 0 amide bonds. The second-order valence-corrected chi connectivity index (χ2v) is 5.84. The number of hydrogen-bond acceptors (Lipinski definition) is 3. The maximum absolute atomic E-state index is 13.5. The number of sulfonamides is 1. The smallest absolute Gasteiger partial charge is 0.245 e. The predicted molar refractivity (Wildman–Crippen MR) is 64.5 cm³/mol. The minimum atomic E-state index is -3.79. The number of halogens is 1. The number of benzene rings is 1. The van der Waals surface area contributed by atoms with Crippen LogP contribution in [0, 0.1) is 5.82 Å². The van der Waals surface area contributed by atoms with Gasteiger partial charge in [0, 0.05) is 13.1 Å². The van der Waals surface area contributed by atoms with Gasteiger partial charge < -0.3 is 5.73 Å². The Balaban J connectivity index is 3.08. The third-order valence-electron chi connectivity index (χ3n) is 2.70. The molecular formula is C11H17FN2O2S. The second-order valence-electron chi connectivity index (χ2n) is 3.88. The Kier molecular flexibility index (Phi) is 4.62. The topological polar surface area (TPSA) is 63.4 Å². The monoisotopic (exact) mass is 260 g/mol. The highest BCUT2D eigenvalue weighted by atomic mass is 32.2. The Bertz CT molecular complexity index is 476. The largest absolute Gasteiger partial charge is 0.330 e. The van der Waals surface area contributed by atoms with Gasteiger partial charge in [0.25, 0.3) is 0 Å². The van der Waals surface area contributed by atoms with Crippen LogP contribution in [0.25, 0.3) is 0 Å². The average Bonchev–Trinajstić information content (AvgIpc) is 2.28. The lowest BCUT2D eigenvalue weighted by molar-refractivity contribution is 0.372. The summed E-state index contributed by atoms with van der Waals surface area (Å²) in [5, 5.41) is 0. The van der Waals surface area contributed by atoms with E-state index in [0.29, 0.717) is 13.0 Å². The van der Waals surface area contributed by atoms with Gasteiger partial charge in [-0.15, -0.1) is 0 Å². The Hall–Kier alpha value is -0.980. The highest BCUT2D eigenvalue weighted by Crippen LogP contribution is 2.20. The van der Waals surface area contributed by atoms with Gasteiger partial charge in [0.05, 0.1) is 0 Å². The van der Waals surface area contributed by atoms with Crippen molar-refractivity contribution in [1.29, 1.82) is 0 Å². The molecule has 0 aliphatic heterocycles. The van der Waals surface area contributed by atoms with E-state index >= 15 is 0 Å². The fourth-order valence-corrected chi connectivity index (χ4v) is 2.92. The molecular weight excluding hydrogens is 243 g/mol. The Morgan fingerprint density at radius 2 is 2.00 bits per heavy atom. The summed E-state index contributed by atoms with van der Waals surface area (Å²) in [6, 6.07) is 5.09. The zero-order valence-electron chi connectivity index (χ0n) is 9.93. The fourth-order valence-electron chi connectivity index (χ4n) is 1.47. The van der Waals surface area contributed by atoms with Gasteiger partial charge in [0.1, 0.15) is 10.7 Å². The summed E-state index contributed by atoms with van der Waals surface area (Å²) in [5.74, 6) is -0.737. The van der Waals surface area contributed by atoms with Gasteiger partial charge in [0.15, 0.2) is 0 Å². The highest BCUT2D eigenvalue weighted by Gasteiger charge is 2.27. The first-order valence-electron chi connectivity index (χ1n) is 5.34. The van der Waals surface area contributed by atoms with Crippen molar-refractivity contribution >= 4 is 10.0 Å². The minimum absolute atomic E-state index is 0.260. The Morgan fingerprint density at radius 3 is 2.53 bits per heavy atom. The summed E-state index contributed by atoms with van der Waals surface area (Å²) < 4.78 is 38.8. The lowest BCUT2D eigenvalue weighted by Crippen LogP contribution is -2.36. The molecule has 1 aromatic rings. The van der Waals surface area contributed by atoms with Crippen molar-refractivity contribution in [3.63, 3.8) is 0 Å². The molecule has 96 valence electrons. The Labute approximate surface area is 101 Å². The molecule has 2 N–H and O–H groups in total. The van der Waals surface area contributed by atoms with Crippen molar-refractivity contribution in [3.8, 4) is 0 Å². The molecule has 0 heterocycles. The Morgan fingerprint density at radius 1 is 1.41 bits per heavy atom. The van der Waals surface area contributed by atoms with Gasteiger partial charge >= 0.3 is 0 Å². The second kappa shape index (κ2) is 5.57. The summed E-state index contributed by atoms with van der Waals surface area (Å²) in [4.78, 5) is -0.300. The third kappa shape index (κ3) is 3.02. The van der Waals surface area contributed by atoms with Crippen molar-refractivity contribution in [2.75, 3.05) is 13.6 Å². The van der Waals surface area contributed by atoms with Crippen LogP contribution in [0.3, 0.4) is 0 Å². The molecule has 0 fully saturated rings. The van der Waals surface area contributed by atoms with Gasteiger partial charge in [-0.25, -0.2) is 12.8 Å². The van der Waals surface area contributed by atoms with Crippen molar-refractivity contribution in [3.05, 3.63) is 30.1 Å². The molecule has 17 heavy (non-hydrogen) atoms. The number of hydrogen-bond donors (Lipinski definition) is 1. The summed E-state index contributed by atoms with van der Waals surface area (Å²) in [5.41, 5.74) is 5.38. The molecule has 1 atom stereocenters. The molecule has 4 nitrogen and oxygen atoms in total. The zero-order chi connectivity index (χ0) is 13.1. The average molecular weight is 260 g/mol. The van der Waals surface area contributed by atoms with E-state index in [2.05, 4.69) is 0 Å². The SMILES string of the molecule is CC(CCN)N(C)S(=O)(=O)c1ccccc1F. The summed E-state index contributed by atoms with van der Waals surface area (Å²) >= 11 is 0. The lowest BCUT2D eigenvalue weighted by atomic mass is 10.2. The first kappa shape index (κ1) is 14.1. The number of rotatable bonds is 5. The quantitative estimate of drug-likeness (QED) is 0.864. The van der Waals surface area contributed by atoms with Crippen LogP contribution in [0.2, 0.25) is 0 Å². The molecule has 0 saturated heterocycles. The molecule has 1 unspecified atom stereocenters. The summed E-state index contributed by atoms with van der Waals surface area (Å²) in [7, 11) is -2.36. The number of nitrogens with two attached hydrogens (primary N) is 1. The predicted octanol–water partition coefficient (Wildman–Crippen LogP) is 1.18. The molecule has 0 aliphatic rings. The van der Waals surface area contributed by atoms with Gasteiger partial charge in [0.2, 0.25) is 10.0 Å². The highest BCUT2D eigenvalue weighted by molar-refractivity contribution is 7.89. The van der Waals surface area contributed by atoms with E-state index in [1.807, 2.05) is 0 Å². The van der Waals surface area contributed by atoms with Crippen LogP contribution in [0.15, 0.2) is 29.2 Å². The van der Waals surface area contributed by atoms with Crippen LogP contribution in [0.5, 0.6) is 0 Å². The first-order chi connectivity index (χ1) is 7.91. The molecule has 0 bridgehead atoms. The van der Waals surface area contributed by atoms with Gasteiger partial charge in [-0.05, 0) is 32.0 Å². The van der Waals surface area contributed by atoms with E-state index in [1.165, 1.54) is 25.2 Å². The van der Waals surface area contributed by atoms with E-state index in [1.54, 1.807) is 6.92 Å². The van der Waals surface area contributed by atoms with Crippen LogP contribution in [-0.4, -0.2) is 32.4 Å². The first-order valence-corrected chi connectivity index (χ1v) is 6.78. The van der Waals surface area contributed by atoms with Crippen LogP contribution in [-0.2, 0) is 10.0 Å². The van der Waals surface area contributed by atoms with Crippen molar-refractivity contribution in [1.82, 2.24) is 4.31 Å².